The van der Waals surface area contributed by atoms with Crippen molar-refractivity contribution >= 4 is 28.4 Å². The number of nitrogens with zero attached hydrogens (tertiary/aromatic N) is 1. The van der Waals surface area contributed by atoms with Gasteiger partial charge in [0.25, 0.3) is 0 Å². The first-order valence-electron chi connectivity index (χ1n) is 9.39. The Balaban J connectivity index is 1.74. The second-order valence-electron chi connectivity index (χ2n) is 7.41. The highest BCUT2D eigenvalue weighted by Crippen LogP contribution is 2.25. The van der Waals surface area contributed by atoms with Crippen molar-refractivity contribution in [3.8, 4) is 5.75 Å². The van der Waals surface area contributed by atoms with Crippen molar-refractivity contribution in [2.75, 3.05) is 6.61 Å². The van der Waals surface area contributed by atoms with Crippen LogP contribution in [0.15, 0.2) is 77.8 Å². The Bertz CT molecular complexity index is 990. The van der Waals surface area contributed by atoms with Crippen molar-refractivity contribution in [3.63, 3.8) is 0 Å². The fraction of sp³-hybridized carbons (Fsp3) is 0.217. The summed E-state index contributed by atoms with van der Waals surface area (Å²) in [5.41, 5.74) is 5.46. The topological polar surface area (TPSA) is 72.0 Å². The molecule has 3 aromatic carbocycles. The van der Waals surface area contributed by atoms with E-state index in [1.165, 1.54) is 0 Å². The quantitative estimate of drug-likeness (QED) is 0.374. The molecule has 0 aliphatic carbocycles. The van der Waals surface area contributed by atoms with Gasteiger partial charge in [0, 0.05) is 5.39 Å². The normalized spacial score (nSPS) is 11.8. The van der Waals surface area contributed by atoms with Crippen LogP contribution in [0.1, 0.15) is 20.8 Å². The summed E-state index contributed by atoms with van der Waals surface area (Å²) in [5, 5.41) is 2.10. The van der Waals surface area contributed by atoms with E-state index in [9.17, 15) is 4.79 Å². The van der Waals surface area contributed by atoms with E-state index in [0.29, 0.717) is 5.84 Å². The monoisotopic (exact) mass is 391 g/mol. The number of rotatable bonds is 4. The maximum absolute atomic E-state index is 12.0. The molecule has 3 rings (SSSR count). The van der Waals surface area contributed by atoms with Crippen LogP contribution in [0, 0.1) is 0 Å². The minimum absolute atomic E-state index is 0.138. The number of fused-ring (bicyclic) bond motifs is 1. The largest absolute Gasteiger partial charge is 0.485 e. The van der Waals surface area contributed by atoms with Crippen LogP contribution in [-0.2, 0) is 4.74 Å². The lowest BCUT2D eigenvalue weighted by Crippen LogP contribution is -2.46. The number of amidine groups is 1. The van der Waals surface area contributed by atoms with E-state index in [1.807, 2.05) is 72.8 Å². The summed E-state index contributed by atoms with van der Waals surface area (Å²) >= 11 is 0. The van der Waals surface area contributed by atoms with Gasteiger partial charge >= 0.3 is 6.09 Å². The number of ether oxygens (including phenoxy) is 2. The summed E-state index contributed by atoms with van der Waals surface area (Å²) in [4.78, 5) is 16.5. The molecule has 6 nitrogen and oxygen atoms in total. The molecule has 29 heavy (non-hydrogen) atoms. The van der Waals surface area contributed by atoms with Crippen molar-refractivity contribution in [1.29, 1.82) is 0 Å². The highest BCUT2D eigenvalue weighted by Gasteiger charge is 2.16. The van der Waals surface area contributed by atoms with Crippen LogP contribution in [0.2, 0.25) is 0 Å². The maximum Gasteiger partial charge on any atom is 0.426 e. The Labute approximate surface area is 170 Å². The fourth-order valence-corrected chi connectivity index (χ4v) is 2.65. The number of hydrazine groups is 1. The van der Waals surface area contributed by atoms with Gasteiger partial charge < -0.3 is 9.47 Å². The molecule has 0 fully saturated rings. The van der Waals surface area contributed by atoms with Gasteiger partial charge in [-0.25, -0.2) is 15.2 Å². The molecule has 0 unspecified atom stereocenters. The number of nitrogens with one attached hydrogen (secondary N) is 2. The average Bonchev–Trinajstić information content (AvgIpc) is 2.69. The van der Waals surface area contributed by atoms with E-state index >= 15 is 0 Å². The fourth-order valence-electron chi connectivity index (χ4n) is 2.65. The predicted molar refractivity (Wildman–Crippen MR) is 115 cm³/mol. The number of carbonyl (C=O) groups excluding carboxylic acids is 1. The van der Waals surface area contributed by atoms with Gasteiger partial charge in [0.1, 0.15) is 18.0 Å². The number of benzene rings is 3. The Hall–Kier alpha value is -3.54. The van der Waals surface area contributed by atoms with Gasteiger partial charge in [-0.15, -0.1) is 0 Å². The highest BCUT2D eigenvalue weighted by molar-refractivity contribution is 5.90. The molecule has 0 atom stereocenters. The lowest BCUT2D eigenvalue weighted by atomic mass is 10.1. The molecule has 0 aliphatic rings. The maximum atomic E-state index is 12.0. The second kappa shape index (κ2) is 9.10. The predicted octanol–water partition coefficient (Wildman–Crippen LogP) is 4.98. The van der Waals surface area contributed by atoms with Crippen LogP contribution < -0.4 is 15.6 Å². The third-order valence-electron chi connectivity index (χ3n) is 3.84. The van der Waals surface area contributed by atoms with Crippen LogP contribution in [0.25, 0.3) is 10.8 Å². The average molecular weight is 391 g/mol. The van der Waals surface area contributed by atoms with Crippen LogP contribution in [0.3, 0.4) is 0 Å². The lowest BCUT2D eigenvalue weighted by molar-refractivity contribution is 0.0512. The molecule has 150 valence electrons. The Kier molecular flexibility index (Phi) is 6.34. The number of hydrogen-bond acceptors (Lipinski definition) is 4. The van der Waals surface area contributed by atoms with E-state index < -0.39 is 11.7 Å². The van der Waals surface area contributed by atoms with Gasteiger partial charge in [0.05, 0.1) is 5.69 Å². The van der Waals surface area contributed by atoms with E-state index in [2.05, 4.69) is 15.8 Å². The molecule has 6 heteroatoms. The Morgan fingerprint density at radius 1 is 0.897 bits per heavy atom. The number of para-hydroxylation sites is 1. The highest BCUT2D eigenvalue weighted by atomic mass is 16.6. The number of amides is 1. The van der Waals surface area contributed by atoms with E-state index in [0.717, 1.165) is 22.2 Å². The minimum atomic E-state index is -0.595. The number of aliphatic imine (C=N–C) groups is 1. The van der Waals surface area contributed by atoms with E-state index in [-0.39, 0.29) is 6.61 Å². The van der Waals surface area contributed by atoms with Gasteiger partial charge in [0.15, 0.2) is 5.84 Å². The van der Waals surface area contributed by atoms with Crippen molar-refractivity contribution in [3.05, 3.63) is 72.8 Å². The SMILES string of the molecule is CC(C)(C)OC(=O)NNC(COc1cccc2ccccc12)=Nc1ccccc1. The van der Waals surface area contributed by atoms with Crippen LogP contribution in [0.5, 0.6) is 5.75 Å². The molecule has 2 N–H and O–H groups in total. The smallest absolute Gasteiger partial charge is 0.426 e. The van der Waals surface area contributed by atoms with Crippen molar-refractivity contribution in [1.82, 2.24) is 10.9 Å². The second-order valence-corrected chi connectivity index (χ2v) is 7.41. The van der Waals surface area contributed by atoms with Gasteiger partial charge in [-0.2, -0.15) is 0 Å². The molecule has 0 radical (unpaired) electrons. The Morgan fingerprint density at radius 2 is 1.59 bits per heavy atom. The minimum Gasteiger partial charge on any atom is -0.485 e. The molecule has 1 amide bonds. The molecular weight excluding hydrogens is 366 g/mol. The molecule has 0 spiro atoms. The molecule has 0 aliphatic heterocycles. The first-order chi connectivity index (χ1) is 13.9. The van der Waals surface area contributed by atoms with Crippen molar-refractivity contribution in [2.45, 2.75) is 26.4 Å². The summed E-state index contributed by atoms with van der Waals surface area (Å²) in [5.74, 6) is 1.18. The van der Waals surface area contributed by atoms with Gasteiger partial charge in [0.2, 0.25) is 0 Å². The van der Waals surface area contributed by atoms with Gasteiger partial charge in [-0.1, -0.05) is 54.6 Å². The summed E-state index contributed by atoms with van der Waals surface area (Å²) in [7, 11) is 0. The molecule has 3 aromatic rings. The van der Waals surface area contributed by atoms with Crippen LogP contribution >= 0.6 is 0 Å². The number of carbonyl (C=O) groups is 1. The summed E-state index contributed by atoms with van der Waals surface area (Å²) in [6.45, 7) is 5.54. The number of hydrogen-bond donors (Lipinski definition) is 2. The van der Waals surface area contributed by atoms with Crippen LogP contribution in [0.4, 0.5) is 10.5 Å². The third-order valence-corrected chi connectivity index (χ3v) is 3.84. The van der Waals surface area contributed by atoms with Crippen molar-refractivity contribution < 1.29 is 14.3 Å². The van der Waals surface area contributed by atoms with E-state index in [1.54, 1.807) is 20.8 Å². The van der Waals surface area contributed by atoms with Crippen LogP contribution in [-0.4, -0.2) is 24.1 Å². The van der Waals surface area contributed by atoms with Crippen molar-refractivity contribution in [2.24, 2.45) is 4.99 Å². The first-order valence-corrected chi connectivity index (χ1v) is 9.39. The molecule has 0 bridgehead atoms. The zero-order chi connectivity index (χ0) is 20.7. The third kappa shape index (κ3) is 6.24. The standard InChI is InChI=1S/C23H25N3O3/c1-23(2,3)29-22(27)26-25-21(24-18-12-5-4-6-13-18)16-28-20-15-9-11-17-10-7-8-14-19(17)20/h4-15H,16H2,1-3H3,(H,24,25)(H,26,27). The van der Waals surface area contributed by atoms with Gasteiger partial charge in [-0.05, 0) is 44.4 Å². The molecule has 0 aromatic heterocycles. The molecular formula is C23H25N3O3. The molecule has 0 saturated heterocycles. The zero-order valence-corrected chi connectivity index (χ0v) is 16.8. The van der Waals surface area contributed by atoms with E-state index in [4.69, 9.17) is 9.47 Å². The summed E-state index contributed by atoms with van der Waals surface area (Å²) in [6.07, 6.45) is -0.594. The zero-order valence-electron chi connectivity index (χ0n) is 16.8. The summed E-state index contributed by atoms with van der Waals surface area (Å²) in [6, 6.07) is 23.3. The lowest BCUT2D eigenvalue weighted by Gasteiger charge is -2.20. The molecule has 0 heterocycles. The first kappa shape index (κ1) is 20.2. The summed E-state index contributed by atoms with van der Waals surface area (Å²) < 4.78 is 11.3. The molecule has 0 saturated carbocycles. The van der Waals surface area contributed by atoms with Gasteiger partial charge in [-0.3, -0.25) is 5.43 Å². The Morgan fingerprint density at radius 3 is 2.34 bits per heavy atom.